The molecule has 2 atom stereocenters. The highest BCUT2D eigenvalue weighted by molar-refractivity contribution is 5.81. The number of carbonyl (C=O) groups excluding carboxylic acids is 1. The summed E-state index contributed by atoms with van der Waals surface area (Å²) in [6.45, 7) is 6.68. The molecule has 0 aromatic heterocycles. The average Bonchev–Trinajstić information content (AvgIpc) is 2.44. The van der Waals surface area contributed by atoms with Crippen LogP contribution >= 0.6 is 0 Å². The molecule has 1 aliphatic rings. The fourth-order valence-corrected chi connectivity index (χ4v) is 2.72. The van der Waals surface area contributed by atoms with Crippen LogP contribution in [-0.2, 0) is 4.79 Å². The van der Waals surface area contributed by atoms with E-state index < -0.39 is 5.60 Å². The molecule has 0 radical (unpaired) electrons. The molecule has 2 nitrogen and oxygen atoms in total. The molecule has 0 aliphatic heterocycles. The number of aliphatic hydroxyl groups is 1. The highest BCUT2D eigenvalue weighted by Crippen LogP contribution is 2.34. The first-order valence-corrected chi connectivity index (χ1v) is 6.65. The van der Waals surface area contributed by atoms with E-state index in [-0.39, 0.29) is 5.78 Å². The maximum atomic E-state index is 11.2. The Balaban J connectivity index is 2.23. The Bertz CT molecular complexity index is 235. The van der Waals surface area contributed by atoms with E-state index in [1.165, 1.54) is 19.3 Å². The summed E-state index contributed by atoms with van der Waals surface area (Å²) in [4.78, 5) is 11.2. The second-order valence-electron chi connectivity index (χ2n) is 6.07. The lowest BCUT2D eigenvalue weighted by molar-refractivity contribution is -0.119. The van der Waals surface area contributed by atoms with Gasteiger partial charge in [0.2, 0.25) is 0 Å². The number of rotatable bonds is 6. The van der Waals surface area contributed by atoms with E-state index >= 15 is 0 Å². The van der Waals surface area contributed by atoms with Crippen molar-refractivity contribution in [2.75, 3.05) is 0 Å². The monoisotopic (exact) mass is 226 g/mol. The third-order valence-corrected chi connectivity index (χ3v) is 3.60. The van der Waals surface area contributed by atoms with Gasteiger partial charge in [0, 0.05) is 12.8 Å². The second kappa shape index (κ2) is 5.81. The van der Waals surface area contributed by atoms with Crippen molar-refractivity contribution < 1.29 is 9.90 Å². The standard InChI is InChI=1S/C14H26O2/c1-11(2)5-4-6-12(3)9-14(16)8-7-13(15)10-14/h11-12,16H,4-10H2,1-3H3. The molecule has 94 valence electrons. The molecule has 16 heavy (non-hydrogen) atoms. The summed E-state index contributed by atoms with van der Waals surface area (Å²) >= 11 is 0. The summed E-state index contributed by atoms with van der Waals surface area (Å²) in [6, 6.07) is 0. The van der Waals surface area contributed by atoms with Crippen LogP contribution in [0.1, 0.15) is 65.7 Å². The number of Topliss-reactive ketones (excluding diaryl/α,β-unsaturated/α-hetero) is 1. The largest absolute Gasteiger partial charge is 0.389 e. The molecule has 1 saturated carbocycles. The minimum atomic E-state index is -0.672. The van der Waals surface area contributed by atoms with Crippen LogP contribution in [0.4, 0.5) is 0 Å². The Kier molecular flexibility index (Phi) is 4.97. The van der Waals surface area contributed by atoms with Crippen molar-refractivity contribution in [3.05, 3.63) is 0 Å². The fourth-order valence-electron chi connectivity index (χ4n) is 2.72. The van der Waals surface area contributed by atoms with Gasteiger partial charge in [-0.2, -0.15) is 0 Å². The van der Waals surface area contributed by atoms with Crippen LogP contribution in [0.5, 0.6) is 0 Å². The van der Waals surface area contributed by atoms with E-state index in [1.807, 2.05) is 0 Å². The van der Waals surface area contributed by atoms with Crippen LogP contribution in [0.3, 0.4) is 0 Å². The zero-order valence-electron chi connectivity index (χ0n) is 11.0. The highest BCUT2D eigenvalue weighted by Gasteiger charge is 2.36. The third-order valence-electron chi connectivity index (χ3n) is 3.60. The molecule has 1 N–H and O–H groups in total. The normalized spacial score (nSPS) is 27.7. The molecule has 0 amide bonds. The van der Waals surface area contributed by atoms with Gasteiger partial charge in [-0.3, -0.25) is 4.79 Å². The van der Waals surface area contributed by atoms with Crippen LogP contribution in [-0.4, -0.2) is 16.5 Å². The van der Waals surface area contributed by atoms with Gasteiger partial charge >= 0.3 is 0 Å². The molecular formula is C14H26O2. The smallest absolute Gasteiger partial charge is 0.135 e. The molecule has 1 fully saturated rings. The molecule has 0 spiro atoms. The lowest BCUT2D eigenvalue weighted by atomic mass is 9.87. The zero-order valence-corrected chi connectivity index (χ0v) is 11.0. The number of carbonyl (C=O) groups is 1. The predicted octanol–water partition coefficient (Wildman–Crippen LogP) is 3.32. The molecule has 1 rings (SSSR count). The van der Waals surface area contributed by atoms with E-state index in [0.717, 1.165) is 12.3 Å². The summed E-state index contributed by atoms with van der Waals surface area (Å²) in [5, 5.41) is 10.2. The number of ketones is 1. The Morgan fingerprint density at radius 1 is 1.31 bits per heavy atom. The van der Waals surface area contributed by atoms with E-state index in [2.05, 4.69) is 20.8 Å². The van der Waals surface area contributed by atoms with Crippen LogP contribution in [0, 0.1) is 11.8 Å². The van der Waals surface area contributed by atoms with E-state index in [4.69, 9.17) is 0 Å². The van der Waals surface area contributed by atoms with Gasteiger partial charge in [0.25, 0.3) is 0 Å². The van der Waals surface area contributed by atoms with Crippen molar-refractivity contribution >= 4 is 5.78 Å². The SMILES string of the molecule is CC(C)CCCC(C)CC1(O)CCC(=O)C1. The van der Waals surface area contributed by atoms with E-state index in [1.54, 1.807) is 0 Å². The molecule has 0 heterocycles. The van der Waals surface area contributed by atoms with Crippen molar-refractivity contribution in [1.29, 1.82) is 0 Å². The van der Waals surface area contributed by atoms with Gasteiger partial charge in [-0.1, -0.05) is 40.0 Å². The molecule has 2 unspecified atom stereocenters. The number of hydrogen-bond donors (Lipinski definition) is 1. The molecule has 2 heteroatoms. The van der Waals surface area contributed by atoms with Crippen LogP contribution in [0.15, 0.2) is 0 Å². The van der Waals surface area contributed by atoms with Gasteiger partial charge < -0.3 is 5.11 Å². The second-order valence-corrected chi connectivity index (χ2v) is 6.07. The number of hydrogen-bond acceptors (Lipinski definition) is 2. The molecule has 1 aliphatic carbocycles. The van der Waals surface area contributed by atoms with Gasteiger partial charge in [0.05, 0.1) is 5.60 Å². The van der Waals surface area contributed by atoms with Gasteiger partial charge in [0.1, 0.15) is 5.78 Å². The highest BCUT2D eigenvalue weighted by atomic mass is 16.3. The van der Waals surface area contributed by atoms with Crippen molar-refractivity contribution in [1.82, 2.24) is 0 Å². The first kappa shape index (κ1) is 13.7. The van der Waals surface area contributed by atoms with Crippen molar-refractivity contribution in [3.63, 3.8) is 0 Å². The van der Waals surface area contributed by atoms with Gasteiger partial charge in [0.15, 0.2) is 0 Å². The molecule has 0 bridgehead atoms. The lowest BCUT2D eigenvalue weighted by Crippen LogP contribution is -2.27. The first-order valence-electron chi connectivity index (χ1n) is 6.65. The summed E-state index contributed by atoms with van der Waals surface area (Å²) in [5.41, 5.74) is -0.672. The average molecular weight is 226 g/mol. The summed E-state index contributed by atoms with van der Waals surface area (Å²) in [5.74, 6) is 1.54. The quantitative estimate of drug-likeness (QED) is 0.754. The summed E-state index contributed by atoms with van der Waals surface area (Å²) in [7, 11) is 0. The van der Waals surface area contributed by atoms with Crippen LogP contribution < -0.4 is 0 Å². The predicted molar refractivity (Wildman–Crippen MR) is 66.3 cm³/mol. The Labute approximate surface area is 99.4 Å². The Morgan fingerprint density at radius 2 is 2.00 bits per heavy atom. The van der Waals surface area contributed by atoms with Gasteiger partial charge in [-0.15, -0.1) is 0 Å². The summed E-state index contributed by atoms with van der Waals surface area (Å²) in [6.07, 6.45) is 6.13. The maximum Gasteiger partial charge on any atom is 0.135 e. The van der Waals surface area contributed by atoms with Crippen molar-refractivity contribution in [2.24, 2.45) is 11.8 Å². The van der Waals surface area contributed by atoms with Crippen molar-refractivity contribution in [3.8, 4) is 0 Å². The topological polar surface area (TPSA) is 37.3 Å². The molecule has 0 aromatic carbocycles. The lowest BCUT2D eigenvalue weighted by Gasteiger charge is -2.25. The van der Waals surface area contributed by atoms with Gasteiger partial charge in [-0.25, -0.2) is 0 Å². The molecule has 0 aromatic rings. The Morgan fingerprint density at radius 3 is 2.50 bits per heavy atom. The van der Waals surface area contributed by atoms with Gasteiger partial charge in [-0.05, 0) is 24.7 Å². The Hall–Kier alpha value is -0.370. The summed E-state index contributed by atoms with van der Waals surface area (Å²) < 4.78 is 0. The van der Waals surface area contributed by atoms with Crippen LogP contribution in [0.25, 0.3) is 0 Å². The zero-order chi connectivity index (χ0) is 12.2. The van der Waals surface area contributed by atoms with Crippen molar-refractivity contribution in [2.45, 2.75) is 71.3 Å². The minimum Gasteiger partial charge on any atom is -0.389 e. The molecular weight excluding hydrogens is 200 g/mol. The first-order chi connectivity index (χ1) is 7.41. The maximum absolute atomic E-state index is 11.2. The third kappa shape index (κ3) is 4.65. The van der Waals surface area contributed by atoms with E-state index in [0.29, 0.717) is 25.2 Å². The molecule has 0 saturated heterocycles. The fraction of sp³-hybridized carbons (Fsp3) is 0.929. The van der Waals surface area contributed by atoms with E-state index in [9.17, 15) is 9.90 Å². The van der Waals surface area contributed by atoms with Crippen LogP contribution in [0.2, 0.25) is 0 Å². The minimum absolute atomic E-state index is 0.233.